The predicted octanol–water partition coefficient (Wildman–Crippen LogP) is 5.54. The van der Waals surface area contributed by atoms with Gasteiger partial charge in [-0.3, -0.25) is 0 Å². The average molecular weight is 463 g/mol. The molecule has 0 bridgehead atoms. The third-order valence-electron chi connectivity index (χ3n) is 3.96. The van der Waals surface area contributed by atoms with Crippen molar-refractivity contribution in [1.82, 2.24) is 0 Å². The van der Waals surface area contributed by atoms with E-state index in [2.05, 4.69) is 36.7 Å². The number of rotatable bonds is 7. The molecule has 0 N–H and O–H groups in total. The maximum atomic E-state index is 12.2. The topological polar surface area (TPSA) is 61.8 Å². The minimum Gasteiger partial charge on any atom is -0.482 e. The van der Waals surface area contributed by atoms with E-state index in [0.717, 1.165) is 10.0 Å². The van der Waals surface area contributed by atoms with Gasteiger partial charge in [-0.25, -0.2) is 9.59 Å². The van der Waals surface area contributed by atoms with Crippen LogP contribution in [0.1, 0.15) is 50.5 Å². The zero-order valence-electron chi connectivity index (χ0n) is 17.5. The van der Waals surface area contributed by atoms with Gasteiger partial charge < -0.3 is 14.2 Å². The van der Waals surface area contributed by atoms with Gasteiger partial charge in [0.2, 0.25) is 0 Å². The van der Waals surface area contributed by atoms with Gasteiger partial charge in [0.25, 0.3) is 0 Å². The number of hydrogen-bond acceptors (Lipinski definition) is 5. The van der Waals surface area contributed by atoms with E-state index in [1.165, 1.54) is 0 Å². The highest BCUT2D eigenvalue weighted by atomic mass is 79.9. The van der Waals surface area contributed by atoms with Crippen LogP contribution in [-0.4, -0.2) is 25.2 Å². The van der Waals surface area contributed by atoms with Crippen LogP contribution >= 0.6 is 15.9 Å². The van der Waals surface area contributed by atoms with E-state index in [1.807, 2.05) is 32.0 Å². The third kappa shape index (κ3) is 7.20. The monoisotopic (exact) mass is 462 g/mol. The Kier molecular flexibility index (Phi) is 7.85. The summed E-state index contributed by atoms with van der Waals surface area (Å²) in [6, 6.07) is 11.9. The first-order valence-electron chi connectivity index (χ1n) is 9.47. The summed E-state index contributed by atoms with van der Waals surface area (Å²) in [4.78, 5) is 24.1. The number of hydrogen-bond donors (Lipinski definition) is 0. The highest BCUT2D eigenvalue weighted by Gasteiger charge is 2.20. The van der Waals surface area contributed by atoms with Crippen molar-refractivity contribution in [2.45, 2.75) is 40.0 Å². The fourth-order valence-corrected chi connectivity index (χ4v) is 2.86. The molecule has 0 heterocycles. The van der Waals surface area contributed by atoms with Gasteiger partial charge in [-0.2, -0.15) is 0 Å². The van der Waals surface area contributed by atoms with Gasteiger partial charge in [-0.15, -0.1) is 0 Å². The Balaban J connectivity index is 1.94. The predicted molar refractivity (Wildman–Crippen MR) is 116 cm³/mol. The second-order valence-electron chi connectivity index (χ2n) is 8.17. The van der Waals surface area contributed by atoms with Crippen LogP contribution in [0.4, 0.5) is 0 Å². The molecule has 0 aliphatic rings. The van der Waals surface area contributed by atoms with Crippen molar-refractivity contribution < 1.29 is 23.8 Å². The quantitative estimate of drug-likeness (QED) is 0.398. The van der Waals surface area contributed by atoms with Gasteiger partial charge in [-0.05, 0) is 53.8 Å². The molecule has 2 aromatic rings. The lowest BCUT2D eigenvalue weighted by atomic mass is 9.86. The molecular formula is C23H27BrO5. The van der Waals surface area contributed by atoms with Crippen LogP contribution in [0.15, 0.2) is 46.9 Å². The molecule has 0 spiro atoms. The first kappa shape index (κ1) is 22.9. The average Bonchev–Trinajstić information content (AvgIpc) is 2.65. The highest BCUT2D eigenvalue weighted by molar-refractivity contribution is 9.10. The summed E-state index contributed by atoms with van der Waals surface area (Å²) in [6.07, 6.45) is 0. The van der Waals surface area contributed by atoms with Crippen molar-refractivity contribution in [1.29, 1.82) is 0 Å². The Bertz CT molecular complexity index is 851. The summed E-state index contributed by atoms with van der Waals surface area (Å²) in [5.74, 6) is 0.322. The second kappa shape index (κ2) is 9.92. The fourth-order valence-electron chi connectivity index (χ4n) is 2.50. The van der Waals surface area contributed by atoms with Crippen LogP contribution in [0, 0.1) is 5.92 Å². The maximum Gasteiger partial charge on any atom is 0.349 e. The standard InChI is InChI=1S/C23H27BrO5/c1-15(2)13-28-22(26)16-6-9-18(10-7-16)29-21(25)14-27-20-11-8-17(24)12-19(20)23(3,4)5/h6-12,15H,13-14H2,1-5H3. The van der Waals surface area contributed by atoms with Crippen LogP contribution in [0.3, 0.4) is 0 Å². The Morgan fingerprint density at radius 1 is 1.03 bits per heavy atom. The molecule has 0 saturated carbocycles. The lowest BCUT2D eigenvalue weighted by Gasteiger charge is -2.23. The van der Waals surface area contributed by atoms with Crippen molar-refractivity contribution in [3.63, 3.8) is 0 Å². The summed E-state index contributed by atoms with van der Waals surface area (Å²) in [5.41, 5.74) is 1.26. The van der Waals surface area contributed by atoms with E-state index in [1.54, 1.807) is 24.3 Å². The van der Waals surface area contributed by atoms with Crippen molar-refractivity contribution >= 4 is 27.9 Å². The zero-order chi connectivity index (χ0) is 21.6. The number of carbonyl (C=O) groups is 2. The lowest BCUT2D eigenvalue weighted by Crippen LogP contribution is -2.20. The molecule has 29 heavy (non-hydrogen) atoms. The SMILES string of the molecule is CC(C)COC(=O)c1ccc(OC(=O)COc2ccc(Br)cc2C(C)(C)C)cc1. The van der Waals surface area contributed by atoms with Gasteiger partial charge in [0.15, 0.2) is 6.61 Å². The third-order valence-corrected chi connectivity index (χ3v) is 4.46. The minimum atomic E-state index is -0.525. The van der Waals surface area contributed by atoms with Gasteiger partial charge >= 0.3 is 11.9 Å². The van der Waals surface area contributed by atoms with E-state index in [-0.39, 0.29) is 17.9 Å². The van der Waals surface area contributed by atoms with Crippen LogP contribution in [-0.2, 0) is 14.9 Å². The Morgan fingerprint density at radius 2 is 1.69 bits per heavy atom. The molecular weight excluding hydrogens is 436 g/mol. The first-order valence-corrected chi connectivity index (χ1v) is 10.3. The van der Waals surface area contributed by atoms with E-state index in [0.29, 0.717) is 23.7 Å². The molecule has 0 aromatic heterocycles. The van der Waals surface area contributed by atoms with E-state index < -0.39 is 11.9 Å². The Hall–Kier alpha value is -2.34. The largest absolute Gasteiger partial charge is 0.482 e. The van der Waals surface area contributed by atoms with Gasteiger partial charge in [0, 0.05) is 10.0 Å². The van der Waals surface area contributed by atoms with Crippen LogP contribution in [0.25, 0.3) is 0 Å². The van der Waals surface area contributed by atoms with Crippen molar-refractivity contribution in [2.24, 2.45) is 5.92 Å². The van der Waals surface area contributed by atoms with Gasteiger partial charge in [-0.1, -0.05) is 50.5 Å². The second-order valence-corrected chi connectivity index (χ2v) is 9.09. The number of ether oxygens (including phenoxy) is 3. The van der Waals surface area contributed by atoms with Crippen LogP contribution in [0.2, 0.25) is 0 Å². The number of carbonyl (C=O) groups excluding carboxylic acids is 2. The summed E-state index contributed by atoms with van der Waals surface area (Å²) in [6.45, 7) is 10.3. The summed E-state index contributed by atoms with van der Waals surface area (Å²) < 4.78 is 17.1. The fraction of sp³-hybridized carbons (Fsp3) is 0.391. The van der Waals surface area contributed by atoms with Gasteiger partial charge in [0.05, 0.1) is 12.2 Å². The lowest BCUT2D eigenvalue weighted by molar-refractivity contribution is -0.136. The molecule has 6 heteroatoms. The molecule has 2 rings (SSSR count). The van der Waals surface area contributed by atoms with E-state index >= 15 is 0 Å². The first-order chi connectivity index (χ1) is 13.6. The molecule has 156 valence electrons. The van der Waals surface area contributed by atoms with Crippen molar-refractivity contribution in [3.05, 3.63) is 58.1 Å². The molecule has 0 aliphatic heterocycles. The number of esters is 2. The van der Waals surface area contributed by atoms with Crippen molar-refractivity contribution in [3.8, 4) is 11.5 Å². The van der Waals surface area contributed by atoms with Crippen LogP contribution in [0.5, 0.6) is 11.5 Å². The maximum absolute atomic E-state index is 12.2. The molecule has 5 nitrogen and oxygen atoms in total. The Morgan fingerprint density at radius 3 is 2.28 bits per heavy atom. The Labute approximate surface area is 180 Å². The molecule has 0 atom stereocenters. The zero-order valence-corrected chi connectivity index (χ0v) is 19.0. The van der Waals surface area contributed by atoms with Crippen LogP contribution < -0.4 is 9.47 Å². The number of benzene rings is 2. The molecule has 2 aromatic carbocycles. The molecule has 0 radical (unpaired) electrons. The molecule has 0 amide bonds. The summed E-state index contributed by atoms with van der Waals surface area (Å²) in [7, 11) is 0. The van der Waals surface area contributed by atoms with E-state index in [4.69, 9.17) is 14.2 Å². The molecule has 0 unspecified atom stereocenters. The minimum absolute atomic E-state index is 0.136. The molecule has 0 aliphatic carbocycles. The van der Waals surface area contributed by atoms with Crippen molar-refractivity contribution in [2.75, 3.05) is 13.2 Å². The number of halogens is 1. The summed E-state index contributed by atoms with van der Waals surface area (Å²) in [5, 5.41) is 0. The smallest absolute Gasteiger partial charge is 0.349 e. The highest BCUT2D eigenvalue weighted by Crippen LogP contribution is 2.33. The normalized spacial score (nSPS) is 11.3. The van der Waals surface area contributed by atoms with E-state index in [9.17, 15) is 9.59 Å². The molecule has 0 saturated heterocycles. The van der Waals surface area contributed by atoms with Gasteiger partial charge in [0.1, 0.15) is 11.5 Å². The summed E-state index contributed by atoms with van der Waals surface area (Å²) >= 11 is 3.47. The molecule has 0 fully saturated rings.